The van der Waals surface area contributed by atoms with E-state index in [-0.39, 0.29) is 23.1 Å². The summed E-state index contributed by atoms with van der Waals surface area (Å²) in [5.41, 5.74) is 1.24. The predicted octanol–water partition coefficient (Wildman–Crippen LogP) is 0.800. The van der Waals surface area contributed by atoms with Crippen LogP contribution in [0.2, 0.25) is 0 Å². The van der Waals surface area contributed by atoms with Crippen molar-refractivity contribution in [1.29, 1.82) is 0 Å². The molecule has 7 heteroatoms. The van der Waals surface area contributed by atoms with Gasteiger partial charge in [-0.05, 0) is 17.7 Å². The van der Waals surface area contributed by atoms with Crippen LogP contribution in [0.4, 0.5) is 0 Å². The van der Waals surface area contributed by atoms with Crippen molar-refractivity contribution in [2.75, 3.05) is 12.3 Å². The molecule has 6 nitrogen and oxygen atoms in total. The van der Waals surface area contributed by atoms with Crippen LogP contribution in [0.5, 0.6) is 0 Å². The molecular formula is C15H15N3O3S. The molecule has 0 bridgehead atoms. The van der Waals surface area contributed by atoms with Gasteiger partial charge in [-0.25, -0.2) is 8.42 Å². The van der Waals surface area contributed by atoms with Crippen molar-refractivity contribution in [3.8, 4) is 0 Å². The van der Waals surface area contributed by atoms with Crippen LogP contribution in [-0.4, -0.2) is 37.4 Å². The first-order valence-corrected chi connectivity index (χ1v) is 8.46. The van der Waals surface area contributed by atoms with Crippen molar-refractivity contribution in [3.05, 3.63) is 59.8 Å². The fraction of sp³-hybridized carbons (Fsp3) is 0.200. The summed E-state index contributed by atoms with van der Waals surface area (Å²) >= 11 is 0. The van der Waals surface area contributed by atoms with E-state index in [1.165, 1.54) is 0 Å². The second-order valence-corrected chi connectivity index (χ2v) is 6.74. The highest BCUT2D eigenvalue weighted by Gasteiger charge is 2.29. The van der Waals surface area contributed by atoms with E-state index in [9.17, 15) is 13.2 Å². The summed E-state index contributed by atoms with van der Waals surface area (Å²) in [7, 11) is -3.50. The number of nitrogens with zero attached hydrogens (tertiary/aromatic N) is 2. The van der Waals surface area contributed by atoms with Crippen LogP contribution in [0, 0.1) is 0 Å². The monoisotopic (exact) mass is 317 g/mol. The van der Waals surface area contributed by atoms with E-state index >= 15 is 0 Å². The largest absolute Gasteiger partial charge is 0.348 e. The Balaban J connectivity index is 1.78. The molecule has 0 spiro atoms. The van der Waals surface area contributed by atoms with E-state index in [0.717, 1.165) is 5.56 Å². The molecular weight excluding hydrogens is 302 g/mol. The maximum Gasteiger partial charge on any atom is 0.256 e. The quantitative estimate of drug-likeness (QED) is 0.894. The molecule has 2 heterocycles. The van der Waals surface area contributed by atoms with E-state index in [4.69, 9.17) is 0 Å². The van der Waals surface area contributed by atoms with Gasteiger partial charge in [-0.1, -0.05) is 30.3 Å². The number of nitrogens with one attached hydrogen (secondary N) is 1. The summed E-state index contributed by atoms with van der Waals surface area (Å²) in [4.78, 5) is 14.0. The van der Waals surface area contributed by atoms with E-state index in [1.807, 2.05) is 30.3 Å². The fourth-order valence-electron chi connectivity index (χ4n) is 2.27. The van der Waals surface area contributed by atoms with Crippen LogP contribution in [0.1, 0.15) is 5.56 Å². The molecule has 0 aromatic heterocycles. The van der Waals surface area contributed by atoms with Crippen molar-refractivity contribution < 1.29 is 13.2 Å². The van der Waals surface area contributed by atoms with Crippen molar-refractivity contribution in [1.82, 2.24) is 10.2 Å². The zero-order chi connectivity index (χ0) is 15.6. The summed E-state index contributed by atoms with van der Waals surface area (Å²) in [6.45, 7) is 0.682. The second kappa shape index (κ2) is 5.76. The molecule has 2 aliphatic rings. The van der Waals surface area contributed by atoms with Crippen LogP contribution in [0.25, 0.3) is 0 Å². The summed E-state index contributed by atoms with van der Waals surface area (Å²) in [6, 6.07) is 9.50. The smallest absolute Gasteiger partial charge is 0.256 e. The minimum absolute atomic E-state index is 0.0419. The Kier molecular flexibility index (Phi) is 3.81. The third-order valence-electron chi connectivity index (χ3n) is 3.40. The van der Waals surface area contributed by atoms with E-state index in [1.54, 1.807) is 23.3 Å². The Hall–Kier alpha value is -2.41. The summed E-state index contributed by atoms with van der Waals surface area (Å²) in [5.74, 6) is -0.187. The van der Waals surface area contributed by atoms with Crippen LogP contribution in [-0.2, 0) is 21.4 Å². The number of hydrogen-bond donors (Lipinski definition) is 1. The molecule has 3 rings (SSSR count). The van der Waals surface area contributed by atoms with Crippen LogP contribution < -0.4 is 5.32 Å². The average Bonchev–Trinajstić information content (AvgIpc) is 2.52. The summed E-state index contributed by atoms with van der Waals surface area (Å²) < 4.78 is 27.0. The Labute approximate surface area is 128 Å². The van der Waals surface area contributed by atoms with Crippen molar-refractivity contribution >= 4 is 21.8 Å². The van der Waals surface area contributed by atoms with Crippen LogP contribution in [0.3, 0.4) is 0 Å². The molecule has 1 aromatic rings. The number of benzene rings is 1. The molecule has 114 valence electrons. The van der Waals surface area contributed by atoms with Gasteiger partial charge in [0.1, 0.15) is 0 Å². The Morgan fingerprint density at radius 2 is 2.05 bits per heavy atom. The predicted molar refractivity (Wildman–Crippen MR) is 83.4 cm³/mol. The molecule has 0 fully saturated rings. The number of carbonyl (C=O) groups is 1. The van der Waals surface area contributed by atoms with Gasteiger partial charge in [0.05, 0.1) is 11.3 Å². The molecule has 2 aliphatic heterocycles. The minimum Gasteiger partial charge on any atom is -0.348 e. The Morgan fingerprint density at radius 1 is 1.27 bits per heavy atom. The van der Waals surface area contributed by atoms with Crippen molar-refractivity contribution in [3.63, 3.8) is 0 Å². The molecule has 0 unspecified atom stereocenters. The second-order valence-electron chi connectivity index (χ2n) is 4.98. The average molecular weight is 317 g/mol. The number of rotatable bonds is 3. The Bertz CT molecular complexity index is 780. The van der Waals surface area contributed by atoms with Crippen LogP contribution >= 0.6 is 0 Å². The number of sulfonamides is 1. The number of fused-ring (bicyclic) bond motifs is 1. The van der Waals surface area contributed by atoms with Crippen LogP contribution in [0.15, 0.2) is 58.7 Å². The maximum atomic E-state index is 12.3. The minimum atomic E-state index is -3.50. The van der Waals surface area contributed by atoms with Gasteiger partial charge >= 0.3 is 0 Å². The molecule has 0 saturated carbocycles. The SMILES string of the molecule is O=C(NCc1ccccc1)C1=CC=CN2CCS(=O)(=O)N=C12. The molecule has 0 aliphatic carbocycles. The van der Waals surface area contributed by atoms with E-state index < -0.39 is 10.0 Å². The fourth-order valence-corrected chi connectivity index (χ4v) is 3.25. The maximum absolute atomic E-state index is 12.3. The third-order valence-corrected chi connectivity index (χ3v) is 4.55. The molecule has 0 saturated heterocycles. The molecule has 22 heavy (non-hydrogen) atoms. The number of allylic oxidation sites excluding steroid dienone is 2. The third kappa shape index (κ3) is 3.09. The first-order chi connectivity index (χ1) is 10.6. The molecule has 1 N–H and O–H groups in total. The van der Waals surface area contributed by atoms with Gasteiger partial charge in [0.15, 0.2) is 5.84 Å². The van der Waals surface area contributed by atoms with Gasteiger partial charge < -0.3 is 10.2 Å². The lowest BCUT2D eigenvalue weighted by Crippen LogP contribution is -2.42. The molecule has 0 radical (unpaired) electrons. The first-order valence-electron chi connectivity index (χ1n) is 6.85. The highest BCUT2D eigenvalue weighted by molar-refractivity contribution is 7.90. The molecule has 0 atom stereocenters. The van der Waals surface area contributed by atoms with Gasteiger partial charge in [0, 0.05) is 19.3 Å². The van der Waals surface area contributed by atoms with Gasteiger partial charge in [-0.2, -0.15) is 0 Å². The standard InChI is InChI=1S/C15H15N3O3S/c19-15(16-11-12-5-2-1-3-6-12)13-7-4-8-18-9-10-22(20,21)17-14(13)18/h1-8H,9-11H2,(H,16,19). The van der Waals surface area contributed by atoms with Gasteiger partial charge in [-0.3, -0.25) is 4.79 Å². The van der Waals surface area contributed by atoms with Gasteiger partial charge in [0.2, 0.25) is 0 Å². The number of carbonyl (C=O) groups excluding carboxylic acids is 1. The number of hydrogen-bond acceptors (Lipinski definition) is 4. The normalized spacial score (nSPS) is 19.0. The van der Waals surface area contributed by atoms with Crippen molar-refractivity contribution in [2.45, 2.75) is 6.54 Å². The number of amidine groups is 1. The van der Waals surface area contributed by atoms with Gasteiger partial charge in [0.25, 0.3) is 15.9 Å². The lowest BCUT2D eigenvalue weighted by Gasteiger charge is -2.28. The highest BCUT2D eigenvalue weighted by atomic mass is 32.2. The lowest BCUT2D eigenvalue weighted by atomic mass is 10.1. The number of amides is 1. The Morgan fingerprint density at radius 3 is 2.82 bits per heavy atom. The molecule has 1 amide bonds. The van der Waals surface area contributed by atoms with Crippen molar-refractivity contribution in [2.24, 2.45) is 4.40 Å². The topological polar surface area (TPSA) is 78.8 Å². The van der Waals surface area contributed by atoms with E-state index in [2.05, 4.69) is 9.71 Å². The van der Waals surface area contributed by atoms with Gasteiger partial charge in [-0.15, -0.1) is 4.40 Å². The zero-order valence-corrected chi connectivity index (χ0v) is 12.6. The first kappa shape index (κ1) is 14.5. The molecule has 1 aromatic carbocycles. The summed E-state index contributed by atoms with van der Waals surface area (Å²) in [5, 5.41) is 2.79. The zero-order valence-electron chi connectivity index (χ0n) is 11.8. The highest BCUT2D eigenvalue weighted by Crippen LogP contribution is 2.17. The summed E-state index contributed by atoms with van der Waals surface area (Å²) in [6.07, 6.45) is 5.02. The van der Waals surface area contributed by atoms with E-state index in [0.29, 0.717) is 13.1 Å². The lowest BCUT2D eigenvalue weighted by molar-refractivity contribution is -0.117.